The minimum absolute atomic E-state index is 0.00325. The number of nitrogens with zero attached hydrogens (tertiary/aromatic N) is 2. The molecule has 0 bridgehead atoms. The van der Waals surface area contributed by atoms with Gasteiger partial charge in [-0.2, -0.15) is 0 Å². The monoisotopic (exact) mass is 427 g/mol. The summed E-state index contributed by atoms with van der Waals surface area (Å²) in [6, 6.07) is 22.4. The zero-order valence-electron chi connectivity index (χ0n) is 18.5. The number of aromatic nitrogens is 1. The summed E-state index contributed by atoms with van der Waals surface area (Å²) < 4.78 is 0. The topological polar surface area (TPSA) is 62.3 Å². The summed E-state index contributed by atoms with van der Waals surface area (Å²) in [5.74, 6) is 0.0499. The summed E-state index contributed by atoms with van der Waals surface area (Å²) >= 11 is 0. The molecule has 1 atom stereocenters. The van der Waals surface area contributed by atoms with Gasteiger partial charge in [0.25, 0.3) is 0 Å². The summed E-state index contributed by atoms with van der Waals surface area (Å²) in [5, 5.41) is 2.86. The molecule has 0 spiro atoms. The normalized spacial score (nSPS) is 18.2. The van der Waals surface area contributed by atoms with Crippen molar-refractivity contribution in [2.75, 3.05) is 20.1 Å². The fourth-order valence-electron chi connectivity index (χ4n) is 4.65. The molecule has 1 N–H and O–H groups in total. The van der Waals surface area contributed by atoms with E-state index in [0.29, 0.717) is 25.9 Å². The highest BCUT2D eigenvalue weighted by atomic mass is 16.2. The van der Waals surface area contributed by atoms with E-state index in [-0.39, 0.29) is 11.8 Å². The summed E-state index contributed by atoms with van der Waals surface area (Å²) in [6.07, 6.45) is 5.93. The number of pyridine rings is 1. The number of nitrogens with one attached hydrogen (secondary N) is 1. The molecule has 0 unspecified atom stereocenters. The van der Waals surface area contributed by atoms with Crippen molar-refractivity contribution in [1.82, 2.24) is 15.2 Å². The highest BCUT2D eigenvalue weighted by Gasteiger charge is 2.43. The molecule has 5 nitrogen and oxygen atoms in total. The van der Waals surface area contributed by atoms with Crippen LogP contribution in [-0.4, -0.2) is 41.8 Å². The lowest BCUT2D eigenvalue weighted by Crippen LogP contribution is -2.54. The predicted octanol–water partition coefficient (Wildman–Crippen LogP) is 3.89. The molecule has 1 fully saturated rings. The number of hydrogen-bond acceptors (Lipinski definition) is 3. The third-order valence-corrected chi connectivity index (χ3v) is 6.32. The standard InChI is InChI=1S/C27H29N3O2/c1-28-26(32)27(18-21-10-12-24(13-11-21)23-8-3-2-4-9-23)14-6-16-30(20-27)25(31)17-22-7-5-15-29-19-22/h2-5,7-13,15,19H,6,14,16-18,20H2,1H3,(H,28,32)/t27-/m1/s1. The molecular weight excluding hydrogens is 398 g/mol. The Balaban J connectivity index is 1.51. The van der Waals surface area contributed by atoms with E-state index < -0.39 is 5.41 Å². The summed E-state index contributed by atoms with van der Waals surface area (Å²) in [6.45, 7) is 1.12. The number of amides is 2. The Labute approximate surface area is 189 Å². The predicted molar refractivity (Wildman–Crippen MR) is 126 cm³/mol. The average molecular weight is 428 g/mol. The van der Waals surface area contributed by atoms with Gasteiger partial charge in [0.05, 0.1) is 11.8 Å². The van der Waals surface area contributed by atoms with Crippen molar-refractivity contribution in [2.45, 2.75) is 25.7 Å². The highest BCUT2D eigenvalue weighted by molar-refractivity contribution is 5.85. The van der Waals surface area contributed by atoms with Gasteiger partial charge in [0, 0.05) is 32.5 Å². The Kier molecular flexibility index (Phi) is 6.64. The van der Waals surface area contributed by atoms with Gasteiger partial charge in [-0.15, -0.1) is 0 Å². The van der Waals surface area contributed by atoms with Crippen molar-refractivity contribution < 1.29 is 9.59 Å². The van der Waals surface area contributed by atoms with E-state index in [1.54, 1.807) is 19.4 Å². The first-order valence-corrected chi connectivity index (χ1v) is 11.1. The number of piperidine rings is 1. The van der Waals surface area contributed by atoms with Crippen LogP contribution in [0, 0.1) is 5.41 Å². The van der Waals surface area contributed by atoms with Crippen molar-refractivity contribution in [2.24, 2.45) is 5.41 Å². The molecule has 1 saturated heterocycles. The van der Waals surface area contributed by atoms with Crippen LogP contribution < -0.4 is 5.32 Å². The largest absolute Gasteiger partial charge is 0.359 e. The molecule has 2 amide bonds. The zero-order valence-corrected chi connectivity index (χ0v) is 18.5. The van der Waals surface area contributed by atoms with Gasteiger partial charge in [-0.25, -0.2) is 0 Å². The van der Waals surface area contributed by atoms with Gasteiger partial charge < -0.3 is 10.2 Å². The van der Waals surface area contributed by atoms with Crippen LogP contribution in [0.25, 0.3) is 11.1 Å². The van der Waals surface area contributed by atoms with Crippen molar-refractivity contribution in [3.8, 4) is 11.1 Å². The van der Waals surface area contributed by atoms with Crippen molar-refractivity contribution >= 4 is 11.8 Å². The number of rotatable bonds is 6. The molecular formula is C27H29N3O2. The van der Waals surface area contributed by atoms with Crippen LogP contribution in [0.15, 0.2) is 79.1 Å². The van der Waals surface area contributed by atoms with Crippen LogP contribution in [0.1, 0.15) is 24.0 Å². The number of hydrogen-bond donors (Lipinski definition) is 1. The lowest BCUT2D eigenvalue weighted by atomic mass is 9.74. The van der Waals surface area contributed by atoms with E-state index in [1.807, 2.05) is 35.2 Å². The second-order valence-electron chi connectivity index (χ2n) is 8.56. The minimum Gasteiger partial charge on any atom is -0.359 e. The molecule has 164 valence electrons. The number of likely N-dealkylation sites (tertiary alicyclic amines) is 1. The van der Waals surface area contributed by atoms with Gasteiger partial charge in [0.1, 0.15) is 0 Å². The Bertz CT molecular complexity index is 1050. The Morgan fingerprint density at radius 3 is 2.41 bits per heavy atom. The summed E-state index contributed by atoms with van der Waals surface area (Å²) in [4.78, 5) is 32.0. The first kappa shape index (κ1) is 21.8. The smallest absolute Gasteiger partial charge is 0.228 e. The first-order valence-electron chi connectivity index (χ1n) is 11.1. The third kappa shape index (κ3) is 4.88. The minimum atomic E-state index is -0.619. The maximum absolute atomic E-state index is 13.0. The molecule has 0 radical (unpaired) electrons. The van der Waals surface area contributed by atoms with Gasteiger partial charge in [-0.05, 0) is 47.6 Å². The Morgan fingerprint density at radius 2 is 1.72 bits per heavy atom. The number of carbonyl (C=O) groups excluding carboxylic acids is 2. The molecule has 2 aromatic carbocycles. The second-order valence-corrected chi connectivity index (χ2v) is 8.56. The van der Waals surface area contributed by atoms with E-state index in [1.165, 1.54) is 5.56 Å². The molecule has 0 aliphatic carbocycles. The van der Waals surface area contributed by atoms with E-state index in [2.05, 4.69) is 46.7 Å². The molecule has 4 rings (SSSR count). The SMILES string of the molecule is CNC(=O)[C@@]1(Cc2ccc(-c3ccccc3)cc2)CCCN(C(=O)Cc2cccnc2)C1. The van der Waals surface area contributed by atoms with Crippen LogP contribution in [0.5, 0.6) is 0 Å². The van der Waals surface area contributed by atoms with Gasteiger partial charge in [0.2, 0.25) is 11.8 Å². The lowest BCUT2D eigenvalue weighted by Gasteiger charge is -2.41. The number of carbonyl (C=O) groups is 2. The molecule has 5 heteroatoms. The third-order valence-electron chi connectivity index (χ3n) is 6.32. The van der Waals surface area contributed by atoms with Gasteiger partial charge in [-0.1, -0.05) is 60.7 Å². The van der Waals surface area contributed by atoms with E-state index in [9.17, 15) is 9.59 Å². The fourth-order valence-corrected chi connectivity index (χ4v) is 4.65. The van der Waals surface area contributed by atoms with Crippen molar-refractivity contribution in [1.29, 1.82) is 0 Å². The molecule has 2 heterocycles. The fraction of sp³-hybridized carbons (Fsp3) is 0.296. The van der Waals surface area contributed by atoms with E-state index in [0.717, 1.165) is 29.5 Å². The number of benzene rings is 2. The van der Waals surface area contributed by atoms with Gasteiger partial charge in [-0.3, -0.25) is 14.6 Å². The second kappa shape index (κ2) is 9.77. The Morgan fingerprint density at radius 1 is 0.969 bits per heavy atom. The van der Waals surface area contributed by atoms with Crippen molar-refractivity contribution in [3.05, 3.63) is 90.3 Å². The first-order chi connectivity index (χ1) is 15.6. The van der Waals surface area contributed by atoms with E-state index >= 15 is 0 Å². The Hall–Kier alpha value is -3.47. The maximum atomic E-state index is 13.0. The molecule has 0 saturated carbocycles. The maximum Gasteiger partial charge on any atom is 0.228 e. The molecule has 32 heavy (non-hydrogen) atoms. The molecule has 1 aliphatic heterocycles. The molecule has 1 aliphatic rings. The van der Waals surface area contributed by atoms with Crippen LogP contribution >= 0.6 is 0 Å². The van der Waals surface area contributed by atoms with E-state index in [4.69, 9.17) is 0 Å². The van der Waals surface area contributed by atoms with Crippen LogP contribution in [-0.2, 0) is 22.4 Å². The highest BCUT2D eigenvalue weighted by Crippen LogP contribution is 2.35. The summed E-state index contributed by atoms with van der Waals surface area (Å²) in [5.41, 5.74) is 3.71. The molecule has 3 aromatic rings. The zero-order chi connectivity index (χ0) is 22.4. The quantitative estimate of drug-likeness (QED) is 0.649. The average Bonchev–Trinajstić information content (AvgIpc) is 2.85. The van der Waals surface area contributed by atoms with Crippen molar-refractivity contribution in [3.63, 3.8) is 0 Å². The lowest BCUT2D eigenvalue weighted by molar-refractivity contribution is -0.141. The summed E-state index contributed by atoms with van der Waals surface area (Å²) in [7, 11) is 1.68. The van der Waals surface area contributed by atoms with Gasteiger partial charge in [0.15, 0.2) is 0 Å². The molecule has 1 aromatic heterocycles. The van der Waals surface area contributed by atoms with Crippen LogP contribution in [0.3, 0.4) is 0 Å². The van der Waals surface area contributed by atoms with Crippen LogP contribution in [0.4, 0.5) is 0 Å². The van der Waals surface area contributed by atoms with Gasteiger partial charge >= 0.3 is 0 Å². The van der Waals surface area contributed by atoms with Crippen LogP contribution in [0.2, 0.25) is 0 Å².